The Labute approximate surface area is 117 Å². The summed E-state index contributed by atoms with van der Waals surface area (Å²) in [7, 11) is -2.80. The average molecular weight is 298 g/mol. The fraction of sp³-hybridized carbons (Fsp3) is 1.00. The van der Waals surface area contributed by atoms with Gasteiger partial charge in [-0.3, -0.25) is 0 Å². The molecule has 2 saturated heterocycles. The van der Waals surface area contributed by atoms with Crippen LogP contribution in [0.25, 0.3) is 0 Å². The van der Waals surface area contributed by atoms with E-state index in [0.29, 0.717) is 18.1 Å². The van der Waals surface area contributed by atoms with E-state index in [2.05, 4.69) is 27.7 Å². The lowest BCUT2D eigenvalue weighted by Gasteiger charge is -2.58. The fourth-order valence-electron chi connectivity index (χ4n) is 3.10. The van der Waals surface area contributed by atoms with Crippen molar-refractivity contribution in [1.29, 1.82) is 0 Å². The standard InChI is InChI=1S/C12H24NO3S.ClH/c1-11(2)10-16-12(3,4)9-13(11)5-7-17(14,15)8-6-13;/h5-10H2,1-4H3;1H/q+1;/p-1. The van der Waals surface area contributed by atoms with Crippen molar-refractivity contribution in [2.75, 3.05) is 37.7 Å². The van der Waals surface area contributed by atoms with E-state index >= 15 is 0 Å². The summed E-state index contributed by atoms with van der Waals surface area (Å²) >= 11 is 0. The number of rotatable bonds is 0. The zero-order valence-corrected chi connectivity index (χ0v) is 13.3. The van der Waals surface area contributed by atoms with Crippen molar-refractivity contribution < 1.29 is 30.0 Å². The predicted octanol–water partition coefficient (Wildman–Crippen LogP) is -2.18. The van der Waals surface area contributed by atoms with E-state index in [1.807, 2.05) is 0 Å². The maximum absolute atomic E-state index is 11.6. The largest absolute Gasteiger partial charge is 1.00 e. The van der Waals surface area contributed by atoms with E-state index in [1.165, 1.54) is 0 Å². The number of quaternary nitrogens is 1. The predicted molar refractivity (Wildman–Crippen MR) is 67.6 cm³/mol. The van der Waals surface area contributed by atoms with E-state index < -0.39 is 9.84 Å². The minimum Gasteiger partial charge on any atom is -1.00 e. The molecule has 0 saturated carbocycles. The highest BCUT2D eigenvalue weighted by Crippen LogP contribution is 2.36. The molecule has 0 aromatic carbocycles. The number of ether oxygens (including phenoxy) is 1. The van der Waals surface area contributed by atoms with Crippen LogP contribution in [0.4, 0.5) is 0 Å². The Balaban J connectivity index is 0.00000162. The molecule has 2 aliphatic rings. The van der Waals surface area contributed by atoms with Gasteiger partial charge in [0.15, 0.2) is 9.84 Å². The summed E-state index contributed by atoms with van der Waals surface area (Å²) in [6.07, 6.45) is 0. The summed E-state index contributed by atoms with van der Waals surface area (Å²) in [4.78, 5) is 0. The molecule has 2 rings (SSSR count). The smallest absolute Gasteiger partial charge is 0.161 e. The van der Waals surface area contributed by atoms with Crippen molar-refractivity contribution in [2.24, 2.45) is 0 Å². The van der Waals surface area contributed by atoms with Crippen LogP contribution in [0.1, 0.15) is 27.7 Å². The lowest BCUT2D eigenvalue weighted by molar-refractivity contribution is -0.983. The Hall–Kier alpha value is 0.160. The molecular formula is C12H24ClNO3S. The lowest BCUT2D eigenvalue weighted by atomic mass is 9.91. The van der Waals surface area contributed by atoms with Crippen LogP contribution < -0.4 is 12.4 Å². The fourth-order valence-corrected chi connectivity index (χ4v) is 4.56. The molecule has 4 nitrogen and oxygen atoms in total. The molecule has 0 unspecified atom stereocenters. The molecule has 2 aliphatic heterocycles. The minimum atomic E-state index is -2.80. The van der Waals surface area contributed by atoms with Gasteiger partial charge in [0.1, 0.15) is 24.3 Å². The molecule has 0 bridgehead atoms. The van der Waals surface area contributed by atoms with Gasteiger partial charge in [-0.2, -0.15) is 0 Å². The van der Waals surface area contributed by atoms with E-state index in [0.717, 1.165) is 24.1 Å². The van der Waals surface area contributed by atoms with Crippen LogP contribution >= 0.6 is 0 Å². The van der Waals surface area contributed by atoms with Crippen molar-refractivity contribution in [3.8, 4) is 0 Å². The van der Waals surface area contributed by atoms with Gasteiger partial charge < -0.3 is 21.6 Å². The Kier molecular flexibility index (Phi) is 4.16. The van der Waals surface area contributed by atoms with Crippen LogP contribution in [0.3, 0.4) is 0 Å². The number of halogens is 1. The molecule has 108 valence electrons. The van der Waals surface area contributed by atoms with Crippen molar-refractivity contribution in [3.05, 3.63) is 0 Å². The first-order valence-corrected chi connectivity index (χ1v) is 8.10. The number of nitrogens with zero attached hydrogens (tertiary/aromatic N) is 1. The highest BCUT2D eigenvalue weighted by Gasteiger charge is 2.54. The van der Waals surface area contributed by atoms with Crippen molar-refractivity contribution in [2.45, 2.75) is 38.8 Å². The van der Waals surface area contributed by atoms with E-state index in [1.54, 1.807) is 0 Å². The third kappa shape index (κ3) is 2.84. The topological polar surface area (TPSA) is 43.4 Å². The van der Waals surface area contributed by atoms with Gasteiger partial charge in [0, 0.05) is 0 Å². The van der Waals surface area contributed by atoms with Crippen LogP contribution in [0.5, 0.6) is 0 Å². The highest BCUT2D eigenvalue weighted by molar-refractivity contribution is 7.91. The molecule has 2 heterocycles. The van der Waals surface area contributed by atoms with Crippen LogP contribution in [0.15, 0.2) is 0 Å². The Morgan fingerprint density at radius 2 is 1.56 bits per heavy atom. The van der Waals surface area contributed by atoms with Gasteiger partial charge in [0.05, 0.1) is 24.6 Å². The van der Waals surface area contributed by atoms with Gasteiger partial charge in [0.25, 0.3) is 0 Å². The molecule has 2 fully saturated rings. The zero-order valence-electron chi connectivity index (χ0n) is 11.7. The van der Waals surface area contributed by atoms with E-state index in [4.69, 9.17) is 4.74 Å². The average Bonchev–Trinajstić information content (AvgIpc) is 2.17. The molecule has 0 N–H and O–H groups in total. The molecule has 6 heteroatoms. The maximum atomic E-state index is 11.6. The first-order valence-electron chi connectivity index (χ1n) is 6.28. The van der Waals surface area contributed by atoms with Crippen molar-refractivity contribution in [1.82, 2.24) is 0 Å². The van der Waals surface area contributed by atoms with Crippen LogP contribution in [-0.4, -0.2) is 61.8 Å². The van der Waals surface area contributed by atoms with Gasteiger partial charge >= 0.3 is 0 Å². The zero-order chi connectivity index (χ0) is 12.9. The second-order valence-corrected chi connectivity index (χ2v) is 9.07. The number of hydrogen-bond donors (Lipinski definition) is 0. The molecule has 1 spiro atoms. The molecule has 0 aromatic heterocycles. The summed E-state index contributed by atoms with van der Waals surface area (Å²) < 4.78 is 30.0. The summed E-state index contributed by atoms with van der Waals surface area (Å²) in [5.74, 6) is 0.652. The van der Waals surface area contributed by atoms with Crippen LogP contribution in [0, 0.1) is 0 Å². The Morgan fingerprint density at radius 3 is 2.06 bits per heavy atom. The van der Waals surface area contributed by atoms with Crippen LogP contribution in [-0.2, 0) is 14.6 Å². The molecule has 0 aromatic rings. The normalized spacial score (nSPS) is 31.6. The van der Waals surface area contributed by atoms with Crippen molar-refractivity contribution in [3.63, 3.8) is 0 Å². The van der Waals surface area contributed by atoms with Gasteiger partial charge in [-0.15, -0.1) is 0 Å². The summed E-state index contributed by atoms with van der Waals surface area (Å²) in [5.41, 5.74) is -0.123. The third-order valence-electron chi connectivity index (χ3n) is 4.44. The molecular weight excluding hydrogens is 274 g/mol. The maximum Gasteiger partial charge on any atom is 0.161 e. The third-order valence-corrected chi connectivity index (χ3v) is 6.05. The summed E-state index contributed by atoms with van der Waals surface area (Å²) in [6.45, 7) is 11.7. The van der Waals surface area contributed by atoms with E-state index in [9.17, 15) is 8.42 Å². The highest BCUT2D eigenvalue weighted by atomic mass is 35.5. The second kappa shape index (κ2) is 4.62. The molecule has 0 radical (unpaired) electrons. The van der Waals surface area contributed by atoms with Crippen LogP contribution in [0.2, 0.25) is 0 Å². The van der Waals surface area contributed by atoms with Gasteiger partial charge in [-0.1, -0.05) is 0 Å². The Morgan fingerprint density at radius 1 is 1.06 bits per heavy atom. The van der Waals surface area contributed by atoms with Gasteiger partial charge in [0.2, 0.25) is 0 Å². The molecule has 0 atom stereocenters. The first kappa shape index (κ1) is 16.2. The number of hydrogen-bond acceptors (Lipinski definition) is 3. The van der Waals surface area contributed by atoms with Gasteiger partial charge in [-0.05, 0) is 27.7 Å². The number of sulfone groups is 1. The molecule has 0 aliphatic carbocycles. The quantitative estimate of drug-likeness (QED) is 0.478. The number of morpholine rings is 1. The van der Waals surface area contributed by atoms with E-state index in [-0.39, 0.29) is 23.5 Å². The SMILES string of the molecule is CC1(C)C[N+]2(CCS(=O)(=O)CC2)C(C)(C)CO1.[Cl-]. The molecule has 18 heavy (non-hydrogen) atoms. The Bertz CT molecular complexity index is 403. The summed E-state index contributed by atoms with van der Waals surface area (Å²) in [5, 5.41) is 0. The molecule has 0 amide bonds. The monoisotopic (exact) mass is 297 g/mol. The van der Waals surface area contributed by atoms with Crippen molar-refractivity contribution >= 4 is 9.84 Å². The first-order chi connectivity index (χ1) is 7.58. The lowest BCUT2D eigenvalue weighted by Crippen LogP contribution is -3.00. The minimum absolute atomic E-state index is 0. The summed E-state index contributed by atoms with van der Waals surface area (Å²) in [6, 6.07) is 0. The van der Waals surface area contributed by atoms with Gasteiger partial charge in [-0.25, -0.2) is 8.42 Å². The second-order valence-electron chi connectivity index (χ2n) is 6.76.